The third-order valence-electron chi connectivity index (χ3n) is 5.72. The zero-order valence-corrected chi connectivity index (χ0v) is 15.3. The minimum atomic E-state index is -1.69. The third-order valence-corrected chi connectivity index (χ3v) is 6.66. The van der Waals surface area contributed by atoms with Crippen molar-refractivity contribution in [3.8, 4) is 5.75 Å². The van der Waals surface area contributed by atoms with Crippen molar-refractivity contribution >= 4 is 23.0 Å². The van der Waals surface area contributed by atoms with E-state index in [1.807, 2.05) is 18.5 Å². The highest BCUT2D eigenvalue weighted by molar-refractivity contribution is 7.12. The summed E-state index contributed by atoms with van der Waals surface area (Å²) < 4.78 is 21.3. The Hall–Kier alpha value is -1.47. The first-order valence-electron chi connectivity index (χ1n) is 8.97. The standard InChI is InChI=1S/C18H24FN3O2S/c1-20-13-12-17(24-14-2-11-25-15(13)14)5-9-22(10-6-17)16(23)18(19)3-7-21-8-4-18/h2,11,21H,3-10,12H2,1H3. The normalized spacial score (nSPS) is 26.3. The number of hydrogen-bond acceptors (Lipinski definition) is 5. The van der Waals surface area contributed by atoms with Gasteiger partial charge in [0.05, 0.1) is 10.6 Å². The number of ether oxygens (including phenoxy) is 1. The number of nitrogens with one attached hydrogen (secondary N) is 1. The molecule has 2 fully saturated rings. The van der Waals surface area contributed by atoms with Gasteiger partial charge in [0.2, 0.25) is 0 Å². The second kappa shape index (κ2) is 6.36. The van der Waals surface area contributed by atoms with Crippen molar-refractivity contribution in [3.05, 3.63) is 16.3 Å². The van der Waals surface area contributed by atoms with Crippen molar-refractivity contribution in [1.29, 1.82) is 0 Å². The lowest BCUT2D eigenvalue weighted by atomic mass is 9.83. The van der Waals surface area contributed by atoms with E-state index in [-0.39, 0.29) is 24.3 Å². The molecular formula is C18H24FN3O2S. The summed E-state index contributed by atoms with van der Waals surface area (Å²) in [6.45, 7) is 2.24. The van der Waals surface area contributed by atoms with E-state index in [0.29, 0.717) is 26.2 Å². The largest absolute Gasteiger partial charge is 0.485 e. The number of amides is 1. The van der Waals surface area contributed by atoms with Crippen molar-refractivity contribution in [2.45, 2.75) is 43.4 Å². The fourth-order valence-electron chi connectivity index (χ4n) is 4.14. The Balaban J connectivity index is 1.46. The maximum absolute atomic E-state index is 15.0. The van der Waals surface area contributed by atoms with Gasteiger partial charge in [-0.1, -0.05) is 0 Å². The summed E-state index contributed by atoms with van der Waals surface area (Å²) in [7, 11) is 1.82. The van der Waals surface area contributed by atoms with Crippen LogP contribution in [0.25, 0.3) is 0 Å². The molecule has 0 saturated carbocycles. The predicted molar refractivity (Wildman–Crippen MR) is 96.5 cm³/mol. The number of rotatable bonds is 1. The van der Waals surface area contributed by atoms with E-state index >= 15 is 0 Å². The van der Waals surface area contributed by atoms with Gasteiger partial charge >= 0.3 is 0 Å². The summed E-state index contributed by atoms with van der Waals surface area (Å²) >= 11 is 1.65. The first kappa shape index (κ1) is 17.0. The number of aliphatic imine (C=N–C) groups is 1. The molecule has 0 aromatic carbocycles. The zero-order chi connectivity index (χ0) is 17.5. The lowest BCUT2D eigenvalue weighted by molar-refractivity contribution is -0.149. The molecule has 3 aliphatic heterocycles. The van der Waals surface area contributed by atoms with Crippen molar-refractivity contribution in [1.82, 2.24) is 10.2 Å². The molecule has 4 heterocycles. The van der Waals surface area contributed by atoms with Crippen LogP contribution in [-0.2, 0) is 4.79 Å². The van der Waals surface area contributed by atoms with Gasteiger partial charge in [0, 0.05) is 52.2 Å². The fourth-order valence-corrected chi connectivity index (χ4v) is 4.99. The second-order valence-corrected chi connectivity index (χ2v) is 8.17. The van der Waals surface area contributed by atoms with Crippen molar-refractivity contribution < 1.29 is 13.9 Å². The minimum Gasteiger partial charge on any atom is -0.485 e. The number of alkyl halides is 1. The van der Waals surface area contributed by atoms with Crippen LogP contribution in [0.5, 0.6) is 5.75 Å². The Morgan fingerprint density at radius 1 is 1.32 bits per heavy atom. The molecule has 4 rings (SSSR count). The molecule has 2 saturated heterocycles. The smallest absolute Gasteiger partial charge is 0.260 e. The molecular weight excluding hydrogens is 341 g/mol. The predicted octanol–water partition coefficient (Wildman–Crippen LogP) is 2.40. The van der Waals surface area contributed by atoms with E-state index in [4.69, 9.17) is 4.74 Å². The first-order chi connectivity index (χ1) is 12.1. The second-order valence-electron chi connectivity index (χ2n) is 7.25. The maximum atomic E-state index is 15.0. The molecule has 136 valence electrons. The average molecular weight is 365 g/mol. The summed E-state index contributed by atoms with van der Waals surface area (Å²) in [5.74, 6) is 0.567. The monoisotopic (exact) mass is 365 g/mol. The van der Waals surface area contributed by atoms with Crippen LogP contribution in [0.4, 0.5) is 4.39 Å². The summed E-state index contributed by atoms with van der Waals surface area (Å²) in [5, 5.41) is 5.14. The van der Waals surface area contributed by atoms with Crippen LogP contribution in [-0.4, -0.2) is 61.0 Å². The zero-order valence-electron chi connectivity index (χ0n) is 14.5. The van der Waals surface area contributed by atoms with Gasteiger partial charge in [-0.2, -0.15) is 0 Å². The van der Waals surface area contributed by atoms with E-state index in [1.165, 1.54) is 0 Å². The SMILES string of the molecule is CN=C1CC2(CCN(C(=O)C3(F)CCNCC3)CC2)Oc2ccsc21. The Morgan fingerprint density at radius 3 is 2.72 bits per heavy atom. The molecule has 1 aromatic rings. The topological polar surface area (TPSA) is 53.9 Å². The third kappa shape index (κ3) is 2.97. The molecule has 25 heavy (non-hydrogen) atoms. The van der Waals surface area contributed by atoms with Crippen LogP contribution in [0.2, 0.25) is 0 Å². The van der Waals surface area contributed by atoms with E-state index in [1.54, 1.807) is 16.2 Å². The Kier molecular flexibility index (Phi) is 4.32. The van der Waals surface area contributed by atoms with Crippen LogP contribution in [0, 0.1) is 0 Å². The van der Waals surface area contributed by atoms with Gasteiger partial charge in [-0.25, -0.2) is 4.39 Å². The quantitative estimate of drug-likeness (QED) is 0.831. The van der Waals surface area contributed by atoms with Gasteiger partial charge in [0.15, 0.2) is 5.67 Å². The average Bonchev–Trinajstić information content (AvgIpc) is 3.10. The fraction of sp³-hybridized carbons (Fsp3) is 0.667. The molecule has 0 atom stereocenters. The summed E-state index contributed by atoms with van der Waals surface area (Å²) in [4.78, 5) is 19.9. The van der Waals surface area contributed by atoms with E-state index in [9.17, 15) is 9.18 Å². The molecule has 0 unspecified atom stereocenters. The van der Waals surface area contributed by atoms with E-state index < -0.39 is 5.67 Å². The Bertz CT molecular complexity index is 688. The van der Waals surface area contributed by atoms with Crippen LogP contribution in [0.15, 0.2) is 16.4 Å². The highest BCUT2D eigenvalue weighted by Crippen LogP contribution is 2.42. The van der Waals surface area contributed by atoms with Crippen molar-refractivity contribution in [2.75, 3.05) is 33.2 Å². The van der Waals surface area contributed by atoms with Crippen LogP contribution in [0.3, 0.4) is 0 Å². The first-order valence-corrected chi connectivity index (χ1v) is 9.85. The molecule has 1 amide bonds. The molecule has 0 aliphatic carbocycles. The lowest BCUT2D eigenvalue weighted by Gasteiger charge is -2.45. The number of halogens is 1. The van der Waals surface area contributed by atoms with Gasteiger partial charge < -0.3 is 15.0 Å². The van der Waals surface area contributed by atoms with E-state index in [2.05, 4.69) is 10.3 Å². The minimum absolute atomic E-state index is 0.273. The van der Waals surface area contributed by atoms with Crippen LogP contribution >= 0.6 is 11.3 Å². The van der Waals surface area contributed by atoms with Gasteiger partial charge in [0.1, 0.15) is 11.4 Å². The van der Waals surface area contributed by atoms with Crippen molar-refractivity contribution in [2.24, 2.45) is 4.99 Å². The lowest BCUT2D eigenvalue weighted by Crippen LogP contribution is -2.57. The summed E-state index contributed by atoms with van der Waals surface area (Å²) in [5.41, 5.74) is -0.923. The molecule has 5 nitrogen and oxygen atoms in total. The number of piperidine rings is 2. The van der Waals surface area contributed by atoms with E-state index in [0.717, 1.165) is 35.6 Å². The summed E-state index contributed by atoms with van der Waals surface area (Å²) in [6.07, 6.45) is 2.76. The number of fused-ring (bicyclic) bond motifs is 1. The molecule has 0 radical (unpaired) electrons. The molecule has 1 spiro atoms. The number of carbonyl (C=O) groups excluding carboxylic acids is 1. The highest BCUT2D eigenvalue weighted by atomic mass is 32.1. The molecule has 1 aromatic heterocycles. The number of likely N-dealkylation sites (tertiary alicyclic amines) is 1. The number of thiophene rings is 1. The molecule has 0 bridgehead atoms. The van der Waals surface area contributed by atoms with Gasteiger partial charge in [0.25, 0.3) is 5.91 Å². The molecule has 3 aliphatic rings. The van der Waals surface area contributed by atoms with Crippen LogP contribution < -0.4 is 10.1 Å². The maximum Gasteiger partial charge on any atom is 0.260 e. The van der Waals surface area contributed by atoms with Gasteiger partial charge in [-0.05, 0) is 24.5 Å². The number of carbonyl (C=O) groups is 1. The summed E-state index contributed by atoms with van der Waals surface area (Å²) in [6, 6.07) is 2.00. The molecule has 7 heteroatoms. The highest BCUT2D eigenvalue weighted by Gasteiger charge is 2.47. The Morgan fingerprint density at radius 2 is 2.04 bits per heavy atom. The Labute approximate surface area is 151 Å². The molecule has 1 N–H and O–H groups in total. The van der Waals surface area contributed by atoms with Crippen LogP contribution in [0.1, 0.15) is 37.0 Å². The van der Waals surface area contributed by atoms with Gasteiger partial charge in [-0.3, -0.25) is 9.79 Å². The number of nitrogens with zero attached hydrogens (tertiary/aromatic N) is 2. The van der Waals surface area contributed by atoms with Gasteiger partial charge in [-0.15, -0.1) is 11.3 Å². The number of hydrogen-bond donors (Lipinski definition) is 1. The van der Waals surface area contributed by atoms with Crippen molar-refractivity contribution in [3.63, 3.8) is 0 Å².